The molecule has 11 nitrogen and oxygen atoms in total. The lowest BCUT2D eigenvalue weighted by atomic mass is 9.92. The van der Waals surface area contributed by atoms with Crippen molar-refractivity contribution in [1.29, 1.82) is 0 Å². The van der Waals surface area contributed by atoms with Crippen molar-refractivity contribution in [2.45, 2.75) is 50.8 Å². The lowest BCUT2D eigenvalue weighted by Crippen LogP contribution is -2.52. The van der Waals surface area contributed by atoms with Crippen LogP contribution >= 0.6 is 0 Å². The van der Waals surface area contributed by atoms with E-state index in [0.29, 0.717) is 39.2 Å². The highest BCUT2D eigenvalue weighted by Gasteiger charge is 2.64. The average Bonchev–Trinajstić information content (AvgIpc) is 1.42. The number of hydrogen-bond acceptors (Lipinski definition) is 7. The molecule has 6 aromatic carbocycles. The second-order valence-electron chi connectivity index (χ2n) is 25.1. The van der Waals surface area contributed by atoms with E-state index in [-0.39, 0.29) is 5.75 Å². The van der Waals surface area contributed by atoms with Gasteiger partial charge in [0, 0.05) is 95.8 Å². The van der Waals surface area contributed by atoms with Gasteiger partial charge in [-0.05, 0) is 150 Å². The van der Waals surface area contributed by atoms with E-state index < -0.39 is 23.3 Å². The zero-order valence-corrected chi connectivity index (χ0v) is 54.7. The molecule has 14 heteroatoms. The highest BCUT2D eigenvalue weighted by Crippen LogP contribution is 2.47. The Morgan fingerprint density at radius 2 is 0.830 bits per heavy atom. The zero-order valence-electron chi connectivity index (χ0n) is 54.7. The molecule has 0 fully saturated rings. The second kappa shape index (κ2) is 26.3. The Bertz CT molecular complexity index is 5660. The molecule has 4 aliphatic rings. The molecule has 12 aromatic rings. The molecule has 0 saturated carbocycles. The summed E-state index contributed by atoms with van der Waals surface area (Å²) in [5.74, 6) is -1.76. The number of fused-ring (bicyclic) bond motifs is 16. The number of ether oxygens (including phenoxy) is 2. The summed E-state index contributed by atoms with van der Waals surface area (Å²) in [4.78, 5) is 52.0. The van der Waals surface area contributed by atoms with Crippen LogP contribution in [0.5, 0.6) is 5.75 Å². The van der Waals surface area contributed by atoms with Crippen molar-refractivity contribution in [2.24, 2.45) is 0 Å². The standard InChI is InChI=1S/C86H65F3N8O3/c1-3-4-5-21-32-62-64-39-35-59(90-64)51-60-36-40-66(91-60)79(57-33-37-61(38-34-57)100-84(98)85(99-2,86(87,88)89)58-30-19-10-20-31-58)71-48-50-75(96-71)82(74-42-41-65(62)92-74)63-52-76-80(55-26-15-8-16-27-55)72-46-45-69(94-72)77(53-22-11-6-12-23-53)67-43-44-68(93-67)78(54-24-13-7-14-25-54)70-47-49-73(95-70)81(83(63)97-76)56-28-17-9-18-29-56/h6-20,22-31,33-52,90,93,96-97H,3-5,21,32H2,1-2H3/t85-/m0/s1. The monoisotopic (exact) mass is 1310 g/mol. The molecule has 16 bridgehead atoms. The van der Waals surface area contributed by atoms with E-state index in [1.807, 2.05) is 60.7 Å². The number of aryl methyl sites for hydroxylation is 1. The molecule has 6 aromatic heterocycles. The van der Waals surface area contributed by atoms with Gasteiger partial charge in [-0.3, -0.25) is 0 Å². The first-order valence-corrected chi connectivity index (χ1v) is 33.5. The van der Waals surface area contributed by atoms with Crippen LogP contribution in [0.4, 0.5) is 13.2 Å². The number of halogens is 3. The van der Waals surface area contributed by atoms with Gasteiger partial charge in [0.1, 0.15) is 5.75 Å². The number of carbonyl (C=O) groups is 1. The highest BCUT2D eigenvalue weighted by molar-refractivity contribution is 6.08. The zero-order chi connectivity index (χ0) is 67.9. The first-order valence-electron chi connectivity index (χ1n) is 33.5. The van der Waals surface area contributed by atoms with Gasteiger partial charge in [-0.2, -0.15) is 13.2 Å². The molecule has 488 valence electrons. The first-order chi connectivity index (χ1) is 49.0. The van der Waals surface area contributed by atoms with Crippen molar-refractivity contribution in [1.82, 2.24) is 39.9 Å². The Balaban J connectivity index is 1.02. The van der Waals surface area contributed by atoms with Crippen LogP contribution in [-0.2, 0) is 21.6 Å². The minimum Gasteiger partial charge on any atom is -0.424 e. The summed E-state index contributed by atoms with van der Waals surface area (Å²) in [6.45, 7) is 2.22. The largest absolute Gasteiger partial charge is 0.432 e. The van der Waals surface area contributed by atoms with Crippen molar-refractivity contribution < 1.29 is 27.4 Å². The summed E-state index contributed by atoms with van der Waals surface area (Å²) in [7, 11) is 0.848. The van der Waals surface area contributed by atoms with Crippen molar-refractivity contribution in [2.75, 3.05) is 7.11 Å². The van der Waals surface area contributed by atoms with E-state index in [1.54, 1.807) is 18.2 Å². The van der Waals surface area contributed by atoms with Crippen LogP contribution in [0.15, 0.2) is 224 Å². The SMILES string of the molecule is CCCCCCc1c2nc(c(-c3cc4[nH]c3c(-c3ccccc3)c3nc(c(-c5ccccc5)c5ccc([nH]5)c(-c5ccccc5)c5nc(c4-c4ccccc4)C=C5)C=C3)c3ccc([nH]3)c(-c3ccc(OC(=O)[C@@](OC)(c4ccccc4)C(F)(F)F)cc3)c3nc(cc4ccc1[nH]4)C=C3)C=C2. The molecule has 0 spiro atoms. The van der Waals surface area contributed by atoms with E-state index >= 15 is 13.2 Å². The Labute approximate surface area is 574 Å². The maximum absolute atomic E-state index is 15.2. The third kappa shape index (κ3) is 11.6. The molecule has 4 N–H and O–H groups in total. The number of benzene rings is 6. The fraction of sp³-hybridized carbons (Fsp3) is 0.105. The Hall–Kier alpha value is -12.3. The number of nitrogens with one attached hydrogen (secondary N) is 4. The topological polar surface area (TPSA) is 150 Å². The molecule has 0 aliphatic carbocycles. The van der Waals surface area contributed by atoms with E-state index in [0.717, 1.165) is 162 Å². The van der Waals surface area contributed by atoms with Crippen molar-refractivity contribution in [3.05, 3.63) is 281 Å². The number of unbranched alkanes of at least 4 members (excludes halogenated alkanes) is 3. The molecule has 0 radical (unpaired) electrons. The van der Waals surface area contributed by atoms with Crippen LogP contribution in [0.1, 0.15) is 89.3 Å². The molecule has 4 aliphatic heterocycles. The fourth-order valence-electron chi connectivity index (χ4n) is 14.1. The van der Waals surface area contributed by atoms with Gasteiger partial charge in [0.15, 0.2) is 0 Å². The van der Waals surface area contributed by atoms with Crippen LogP contribution in [0.2, 0.25) is 0 Å². The lowest BCUT2D eigenvalue weighted by molar-refractivity contribution is -0.272. The smallest absolute Gasteiger partial charge is 0.424 e. The minimum absolute atomic E-state index is 0.124. The van der Waals surface area contributed by atoms with Gasteiger partial charge >= 0.3 is 12.1 Å². The number of carbonyl (C=O) groups excluding carboxylic acids is 1. The third-order valence-corrected chi connectivity index (χ3v) is 18.9. The molecule has 0 saturated heterocycles. The number of methoxy groups -OCH3 is 1. The van der Waals surface area contributed by atoms with Crippen LogP contribution in [-0.4, -0.2) is 59.1 Å². The maximum Gasteiger partial charge on any atom is 0.432 e. The summed E-state index contributed by atoms with van der Waals surface area (Å²) in [6, 6.07) is 71.4. The molecular formula is C86H65F3N8O3. The van der Waals surface area contributed by atoms with E-state index in [1.165, 1.54) is 36.4 Å². The van der Waals surface area contributed by atoms with Gasteiger partial charge in [0.05, 0.1) is 51.1 Å². The molecule has 16 rings (SSSR count). The Kier molecular flexibility index (Phi) is 16.4. The number of aromatic nitrogens is 8. The molecule has 0 unspecified atom stereocenters. The van der Waals surface area contributed by atoms with Gasteiger partial charge in [-0.15, -0.1) is 0 Å². The lowest BCUT2D eigenvalue weighted by Gasteiger charge is -2.32. The molecule has 100 heavy (non-hydrogen) atoms. The van der Waals surface area contributed by atoms with Crippen molar-refractivity contribution in [3.8, 4) is 72.5 Å². The Morgan fingerprint density at radius 3 is 1.35 bits per heavy atom. The summed E-state index contributed by atoms with van der Waals surface area (Å²) in [6.07, 6.45) is 16.4. The number of H-pyrrole nitrogens is 4. The quantitative estimate of drug-likeness (QED) is 0.0453. The Morgan fingerprint density at radius 1 is 0.400 bits per heavy atom. The summed E-state index contributed by atoms with van der Waals surface area (Å²) >= 11 is 0. The second-order valence-corrected chi connectivity index (χ2v) is 25.1. The van der Waals surface area contributed by atoms with Gasteiger partial charge in [-0.25, -0.2) is 24.7 Å². The summed E-state index contributed by atoms with van der Waals surface area (Å²) in [5, 5.41) is 0. The summed E-state index contributed by atoms with van der Waals surface area (Å²) < 4.78 is 56.2. The predicted octanol–water partition coefficient (Wildman–Crippen LogP) is 21.8. The van der Waals surface area contributed by atoms with E-state index in [9.17, 15) is 4.79 Å². The predicted molar refractivity (Wildman–Crippen MR) is 399 cm³/mol. The number of aromatic amines is 4. The van der Waals surface area contributed by atoms with Crippen LogP contribution in [0.3, 0.4) is 0 Å². The number of esters is 1. The van der Waals surface area contributed by atoms with Crippen LogP contribution in [0.25, 0.3) is 160 Å². The van der Waals surface area contributed by atoms with Crippen LogP contribution in [0, 0.1) is 0 Å². The van der Waals surface area contributed by atoms with Gasteiger partial charge in [-0.1, -0.05) is 190 Å². The van der Waals surface area contributed by atoms with Crippen molar-refractivity contribution >= 4 is 98.7 Å². The maximum atomic E-state index is 15.2. The average molecular weight is 1320 g/mol. The van der Waals surface area contributed by atoms with Gasteiger partial charge in [0.2, 0.25) is 0 Å². The first kappa shape index (κ1) is 62.5. The normalized spacial score (nSPS) is 13.1. The third-order valence-electron chi connectivity index (χ3n) is 18.9. The number of hydrogen-bond donors (Lipinski definition) is 4. The molecule has 10 heterocycles. The van der Waals surface area contributed by atoms with Gasteiger partial charge in [0.25, 0.3) is 5.60 Å². The van der Waals surface area contributed by atoms with Gasteiger partial charge < -0.3 is 29.4 Å². The molecule has 1 atom stereocenters. The molecule has 0 amide bonds. The fourth-order valence-corrected chi connectivity index (χ4v) is 14.1. The number of rotatable bonds is 15. The molecular weight excluding hydrogens is 1250 g/mol. The van der Waals surface area contributed by atoms with E-state index in [4.69, 9.17) is 29.4 Å². The van der Waals surface area contributed by atoms with Crippen LogP contribution < -0.4 is 4.74 Å². The number of alkyl halides is 3. The minimum atomic E-state index is -5.17. The number of nitrogens with zero attached hydrogens (tertiary/aromatic N) is 4. The van der Waals surface area contributed by atoms with E-state index in [2.05, 4.69) is 185 Å². The van der Waals surface area contributed by atoms with Crippen molar-refractivity contribution in [3.63, 3.8) is 0 Å². The highest BCUT2D eigenvalue weighted by atomic mass is 19.4. The summed E-state index contributed by atoms with van der Waals surface area (Å²) in [5.41, 5.74) is 19.9.